The van der Waals surface area contributed by atoms with Crippen LogP contribution in [-0.2, 0) is 48.3 Å². The van der Waals surface area contributed by atoms with Gasteiger partial charge in [-0.2, -0.15) is 0 Å². The summed E-state index contributed by atoms with van der Waals surface area (Å²) >= 11 is 0. The molecule has 1 aliphatic rings. The molecule has 3 aromatic rings. The first-order chi connectivity index (χ1) is 17.6. The molecular formula is C29H32O7. The van der Waals surface area contributed by atoms with Crippen molar-refractivity contribution in [2.75, 3.05) is 6.61 Å². The third kappa shape index (κ3) is 7.46. The van der Waals surface area contributed by atoms with Gasteiger partial charge in [-0.1, -0.05) is 91.0 Å². The largest absolute Gasteiger partial charge is 0.454 e. The number of esters is 1. The summed E-state index contributed by atoms with van der Waals surface area (Å²) in [7, 11) is 0. The van der Waals surface area contributed by atoms with Gasteiger partial charge in [-0.05, 0) is 16.7 Å². The Hall–Kier alpha value is -3.07. The second kappa shape index (κ2) is 13.3. The number of rotatable bonds is 11. The summed E-state index contributed by atoms with van der Waals surface area (Å²) in [5, 5.41) is 10.8. The zero-order chi connectivity index (χ0) is 25.2. The maximum absolute atomic E-state index is 11.9. The molecule has 190 valence electrons. The number of ether oxygens (including phenoxy) is 5. The second-order valence-corrected chi connectivity index (χ2v) is 8.66. The van der Waals surface area contributed by atoms with E-state index in [-0.39, 0.29) is 19.8 Å². The molecule has 0 bridgehead atoms. The van der Waals surface area contributed by atoms with Gasteiger partial charge < -0.3 is 28.8 Å². The van der Waals surface area contributed by atoms with Crippen molar-refractivity contribution in [2.24, 2.45) is 0 Å². The minimum Gasteiger partial charge on any atom is -0.454 e. The van der Waals surface area contributed by atoms with E-state index in [1.807, 2.05) is 91.0 Å². The van der Waals surface area contributed by atoms with E-state index in [9.17, 15) is 9.90 Å². The highest BCUT2D eigenvalue weighted by molar-refractivity contribution is 5.66. The second-order valence-electron chi connectivity index (χ2n) is 8.66. The van der Waals surface area contributed by atoms with Crippen LogP contribution in [0.5, 0.6) is 0 Å². The maximum Gasteiger partial charge on any atom is 0.303 e. The number of hydrogen-bond acceptors (Lipinski definition) is 7. The Morgan fingerprint density at radius 1 is 0.722 bits per heavy atom. The monoisotopic (exact) mass is 492 g/mol. The summed E-state index contributed by atoms with van der Waals surface area (Å²) in [6, 6.07) is 29.2. The van der Waals surface area contributed by atoms with Crippen molar-refractivity contribution in [1.82, 2.24) is 0 Å². The van der Waals surface area contributed by atoms with Gasteiger partial charge in [0.25, 0.3) is 0 Å². The number of carbonyl (C=O) groups excluding carboxylic acids is 1. The molecule has 0 amide bonds. The number of aliphatic hydroxyl groups is 1. The third-order valence-corrected chi connectivity index (χ3v) is 5.88. The van der Waals surface area contributed by atoms with Gasteiger partial charge in [0.2, 0.25) is 0 Å². The van der Waals surface area contributed by atoms with Crippen LogP contribution in [0.1, 0.15) is 23.6 Å². The molecule has 1 N–H and O–H groups in total. The highest BCUT2D eigenvalue weighted by Crippen LogP contribution is 2.29. The normalized spacial score (nSPS) is 23.8. The van der Waals surface area contributed by atoms with Gasteiger partial charge in [0.1, 0.15) is 18.3 Å². The Kier molecular flexibility index (Phi) is 9.61. The summed E-state index contributed by atoms with van der Waals surface area (Å²) in [6.07, 6.45) is -4.56. The van der Waals surface area contributed by atoms with Crippen molar-refractivity contribution in [1.29, 1.82) is 0 Å². The highest BCUT2D eigenvalue weighted by atomic mass is 16.7. The SMILES string of the molecule is CC(=O)O[C@H]1C(O)O[C@H](COCc2ccccc2)[C@@H](OCc2ccccc2)[C@@H]1OCc1ccccc1. The Morgan fingerprint density at radius 2 is 1.19 bits per heavy atom. The van der Waals surface area contributed by atoms with Crippen molar-refractivity contribution < 1.29 is 33.6 Å². The first-order valence-electron chi connectivity index (χ1n) is 12.0. The fourth-order valence-corrected chi connectivity index (χ4v) is 4.14. The lowest BCUT2D eigenvalue weighted by atomic mass is 9.98. The molecule has 7 heteroatoms. The number of aliphatic hydroxyl groups excluding tert-OH is 1. The lowest BCUT2D eigenvalue weighted by molar-refractivity contribution is -0.309. The number of benzene rings is 3. The number of carbonyl (C=O) groups is 1. The molecule has 36 heavy (non-hydrogen) atoms. The number of hydrogen-bond donors (Lipinski definition) is 1. The van der Waals surface area contributed by atoms with E-state index in [2.05, 4.69) is 0 Å². The molecule has 0 aliphatic carbocycles. The van der Waals surface area contributed by atoms with E-state index < -0.39 is 36.7 Å². The van der Waals surface area contributed by atoms with Crippen LogP contribution in [0.2, 0.25) is 0 Å². The quantitative estimate of drug-likeness (QED) is 0.405. The third-order valence-electron chi connectivity index (χ3n) is 5.88. The van der Waals surface area contributed by atoms with Crippen LogP contribution in [0, 0.1) is 0 Å². The standard InChI is InChI=1S/C29H32O7/c1-21(30)35-28-27(34-19-24-15-9-4-10-16-24)26(33-18-23-13-7-3-8-14-23)25(36-29(28)31)20-32-17-22-11-5-2-6-12-22/h2-16,25-29,31H,17-20H2,1H3/t25-,26-,27+,28-,29?/m1/s1. The van der Waals surface area contributed by atoms with Crippen LogP contribution in [0.15, 0.2) is 91.0 Å². The zero-order valence-electron chi connectivity index (χ0n) is 20.3. The lowest BCUT2D eigenvalue weighted by Crippen LogP contribution is -2.61. The summed E-state index contributed by atoms with van der Waals surface area (Å²) in [5.41, 5.74) is 2.93. The molecule has 1 saturated heterocycles. The van der Waals surface area contributed by atoms with Gasteiger partial charge in [0.05, 0.1) is 26.4 Å². The topological polar surface area (TPSA) is 83.5 Å². The van der Waals surface area contributed by atoms with Gasteiger partial charge in [-0.3, -0.25) is 4.79 Å². The molecule has 1 fully saturated rings. The fraction of sp³-hybridized carbons (Fsp3) is 0.345. The van der Waals surface area contributed by atoms with E-state index in [1.165, 1.54) is 6.92 Å². The van der Waals surface area contributed by atoms with E-state index >= 15 is 0 Å². The molecular weight excluding hydrogens is 460 g/mol. The zero-order valence-corrected chi connectivity index (χ0v) is 20.3. The van der Waals surface area contributed by atoms with Gasteiger partial charge in [-0.15, -0.1) is 0 Å². The predicted octanol–water partition coefficient (Wildman–Crippen LogP) is 4.02. The molecule has 0 spiro atoms. The van der Waals surface area contributed by atoms with Crippen molar-refractivity contribution in [2.45, 2.75) is 57.5 Å². The Bertz CT molecular complexity index is 1040. The molecule has 0 saturated carbocycles. The minimum atomic E-state index is -1.39. The summed E-state index contributed by atoms with van der Waals surface area (Å²) < 4.78 is 29.8. The van der Waals surface area contributed by atoms with Crippen LogP contribution in [-0.4, -0.2) is 48.4 Å². The molecule has 1 aliphatic heterocycles. The summed E-state index contributed by atoms with van der Waals surface area (Å²) in [6.45, 7) is 2.36. The van der Waals surface area contributed by atoms with E-state index in [1.54, 1.807) is 0 Å². The Labute approximate surface area is 211 Å². The van der Waals surface area contributed by atoms with E-state index in [0.717, 1.165) is 16.7 Å². The van der Waals surface area contributed by atoms with Crippen LogP contribution in [0.25, 0.3) is 0 Å². The van der Waals surface area contributed by atoms with Gasteiger partial charge in [-0.25, -0.2) is 0 Å². The molecule has 5 atom stereocenters. The van der Waals surface area contributed by atoms with Crippen molar-refractivity contribution in [3.8, 4) is 0 Å². The molecule has 1 heterocycles. The first kappa shape index (κ1) is 26.0. The van der Waals surface area contributed by atoms with Crippen molar-refractivity contribution in [3.05, 3.63) is 108 Å². The molecule has 7 nitrogen and oxygen atoms in total. The molecule has 1 unspecified atom stereocenters. The van der Waals surface area contributed by atoms with E-state index in [4.69, 9.17) is 23.7 Å². The van der Waals surface area contributed by atoms with Crippen LogP contribution >= 0.6 is 0 Å². The summed E-state index contributed by atoms with van der Waals surface area (Å²) in [5.74, 6) is -0.545. The molecule has 4 rings (SSSR count). The lowest BCUT2D eigenvalue weighted by Gasteiger charge is -2.44. The predicted molar refractivity (Wildman–Crippen MR) is 133 cm³/mol. The van der Waals surface area contributed by atoms with Crippen LogP contribution in [0.3, 0.4) is 0 Å². The molecule has 0 aromatic heterocycles. The maximum atomic E-state index is 11.9. The van der Waals surface area contributed by atoms with E-state index in [0.29, 0.717) is 6.61 Å². The average molecular weight is 493 g/mol. The first-order valence-corrected chi connectivity index (χ1v) is 12.0. The Morgan fingerprint density at radius 3 is 1.69 bits per heavy atom. The van der Waals surface area contributed by atoms with Crippen LogP contribution < -0.4 is 0 Å². The molecule has 0 radical (unpaired) electrons. The van der Waals surface area contributed by atoms with Crippen molar-refractivity contribution in [3.63, 3.8) is 0 Å². The highest BCUT2D eigenvalue weighted by Gasteiger charge is 2.49. The van der Waals surface area contributed by atoms with Crippen molar-refractivity contribution >= 4 is 5.97 Å². The minimum absolute atomic E-state index is 0.156. The Balaban J connectivity index is 1.53. The van der Waals surface area contributed by atoms with Gasteiger partial charge >= 0.3 is 5.97 Å². The average Bonchev–Trinajstić information content (AvgIpc) is 2.90. The fourth-order valence-electron chi connectivity index (χ4n) is 4.14. The van der Waals surface area contributed by atoms with Gasteiger partial charge in [0, 0.05) is 6.92 Å². The summed E-state index contributed by atoms with van der Waals surface area (Å²) in [4.78, 5) is 11.9. The smallest absolute Gasteiger partial charge is 0.303 e. The molecule has 3 aromatic carbocycles. The van der Waals surface area contributed by atoms with Gasteiger partial charge in [0.15, 0.2) is 12.4 Å². The van der Waals surface area contributed by atoms with Crippen LogP contribution in [0.4, 0.5) is 0 Å².